The van der Waals surface area contributed by atoms with Crippen molar-refractivity contribution in [3.05, 3.63) is 85.2 Å². The average molecular weight is 377 g/mol. The Morgan fingerprint density at radius 3 is 2.14 bits per heavy atom. The van der Waals surface area contributed by atoms with E-state index in [4.69, 9.17) is 9.39 Å². The molecule has 1 saturated heterocycles. The highest BCUT2D eigenvalue weighted by molar-refractivity contribution is 6.93. The first-order chi connectivity index (χ1) is 13.6. The number of aromatic nitrogens is 1. The van der Waals surface area contributed by atoms with Crippen LogP contribution in [0.25, 0.3) is 0 Å². The van der Waals surface area contributed by atoms with Crippen LogP contribution in [0.4, 0.5) is 0 Å². The van der Waals surface area contributed by atoms with Crippen LogP contribution in [0.3, 0.4) is 0 Å². The van der Waals surface area contributed by atoms with Crippen molar-refractivity contribution >= 4 is 23.4 Å². The zero-order valence-electron chi connectivity index (χ0n) is 15.4. The number of methoxy groups -OCH3 is 1. The summed E-state index contributed by atoms with van der Waals surface area (Å²) in [4.78, 5) is 13.1. The Hall–Kier alpha value is -3.16. The summed E-state index contributed by atoms with van der Waals surface area (Å²) in [7, 11) is 1.41. The van der Waals surface area contributed by atoms with E-state index in [2.05, 4.69) is 4.65 Å². The topological polar surface area (TPSA) is 72.1 Å². The monoisotopic (exact) mass is 377 g/mol. The van der Waals surface area contributed by atoms with Gasteiger partial charge in [0.2, 0.25) is 18.5 Å². The number of carboxylic acids is 1. The molecule has 0 saturated carbocycles. The summed E-state index contributed by atoms with van der Waals surface area (Å²) in [5.74, 6) is -2.30. The lowest BCUT2D eigenvalue weighted by Crippen LogP contribution is -2.64. The van der Waals surface area contributed by atoms with Gasteiger partial charge in [0.1, 0.15) is 0 Å². The molecule has 28 heavy (non-hydrogen) atoms. The first kappa shape index (κ1) is 18.2. The average Bonchev–Trinajstić information content (AvgIpc) is 3.03. The number of rotatable bonds is 5. The van der Waals surface area contributed by atoms with Crippen LogP contribution < -0.4 is 15.5 Å². The summed E-state index contributed by atoms with van der Waals surface area (Å²) in [6, 6.07) is 21.9. The minimum atomic E-state index is -2.18. The molecule has 7 heteroatoms. The van der Waals surface area contributed by atoms with E-state index in [1.165, 1.54) is 19.4 Å². The molecule has 3 aromatic rings. The van der Waals surface area contributed by atoms with E-state index in [0.717, 1.165) is 10.9 Å². The van der Waals surface area contributed by atoms with Gasteiger partial charge in [-0.3, -0.25) is 5.11 Å². The minimum Gasteiger partial charge on any atom is -0.739 e. The molecule has 0 bridgehead atoms. The molecule has 1 aliphatic rings. The summed E-state index contributed by atoms with van der Waals surface area (Å²) < 4.78 is 18.1. The molecule has 1 N–H and O–H groups in total. The van der Waals surface area contributed by atoms with Crippen molar-refractivity contribution in [2.75, 3.05) is 7.11 Å². The summed E-state index contributed by atoms with van der Waals surface area (Å²) >= 11 is 0. The van der Waals surface area contributed by atoms with Gasteiger partial charge in [-0.15, -0.1) is 10.9 Å². The fraction of sp³-hybridized carbons (Fsp3) is 0.143. The predicted molar refractivity (Wildman–Crippen MR) is 103 cm³/mol. The molecule has 0 spiro atoms. The fourth-order valence-electron chi connectivity index (χ4n) is 3.66. The van der Waals surface area contributed by atoms with Crippen LogP contribution in [-0.2, 0) is 25.8 Å². The third-order valence-electron chi connectivity index (χ3n) is 5.04. The molecule has 2 heterocycles. The van der Waals surface area contributed by atoms with E-state index in [-0.39, 0.29) is 12.3 Å². The maximum absolute atomic E-state index is 13.1. The van der Waals surface area contributed by atoms with Gasteiger partial charge in [-0.05, 0) is 6.07 Å². The Balaban J connectivity index is 1.81. The highest BCUT2D eigenvalue weighted by Crippen LogP contribution is 2.29. The van der Waals surface area contributed by atoms with Gasteiger partial charge >= 0.3 is 18.3 Å². The van der Waals surface area contributed by atoms with E-state index in [0.29, 0.717) is 0 Å². The molecule has 4 rings (SSSR count). The molecule has 0 amide bonds. The van der Waals surface area contributed by atoms with Gasteiger partial charge in [0, 0.05) is 18.0 Å². The van der Waals surface area contributed by atoms with Gasteiger partial charge in [-0.1, -0.05) is 60.7 Å². The van der Waals surface area contributed by atoms with Crippen LogP contribution in [0.2, 0.25) is 0 Å². The third-order valence-corrected chi connectivity index (χ3v) is 5.04. The van der Waals surface area contributed by atoms with Crippen molar-refractivity contribution in [2.24, 2.45) is 0 Å². The Labute approximate surface area is 162 Å². The number of pyridine rings is 1. The first-order valence-corrected chi connectivity index (χ1v) is 9.02. The molecule has 0 aliphatic carbocycles. The first-order valence-electron chi connectivity index (χ1n) is 9.02. The molecule has 1 unspecified atom stereocenters. The molecule has 1 aliphatic heterocycles. The molecule has 1 atom stereocenters. The third kappa shape index (κ3) is 3.04. The smallest absolute Gasteiger partial charge is 0.532 e. The Kier molecular flexibility index (Phi) is 4.62. The number of ether oxygens (including phenoxy) is 1. The number of hydrogen-bond acceptors (Lipinski definition) is 3. The zero-order valence-corrected chi connectivity index (χ0v) is 15.4. The summed E-state index contributed by atoms with van der Waals surface area (Å²) in [6.45, 7) is -2.16. The number of hydrogen-bond donors (Lipinski definition) is 0. The van der Waals surface area contributed by atoms with Gasteiger partial charge in [0.15, 0.2) is 6.20 Å². The van der Waals surface area contributed by atoms with Crippen LogP contribution >= 0.6 is 0 Å². The SMILES string of the molecule is COC1(C[n+]2cccc([O])c2)O[B-](c2ccccc2)(c2ccccc2)[OH+]C1=O. The molecule has 2 aromatic carbocycles. The van der Waals surface area contributed by atoms with Crippen LogP contribution in [0.5, 0.6) is 5.75 Å². The second-order valence-electron chi connectivity index (χ2n) is 6.79. The minimum absolute atomic E-state index is 0.0189. The second kappa shape index (κ2) is 7.11. The Morgan fingerprint density at radius 2 is 1.61 bits per heavy atom. The number of benzene rings is 2. The van der Waals surface area contributed by atoms with Gasteiger partial charge in [-0.25, -0.2) is 0 Å². The largest absolute Gasteiger partial charge is 0.739 e. The van der Waals surface area contributed by atoms with Crippen molar-refractivity contribution in [3.63, 3.8) is 0 Å². The van der Waals surface area contributed by atoms with E-state index in [1.807, 2.05) is 60.7 Å². The van der Waals surface area contributed by atoms with E-state index < -0.39 is 18.3 Å². The van der Waals surface area contributed by atoms with Crippen LogP contribution in [-0.4, -0.2) is 30.1 Å². The lowest BCUT2D eigenvalue weighted by atomic mass is 9.46. The van der Waals surface area contributed by atoms with E-state index >= 15 is 0 Å². The zero-order chi connectivity index (χ0) is 19.6. The second-order valence-corrected chi connectivity index (χ2v) is 6.79. The van der Waals surface area contributed by atoms with Gasteiger partial charge in [-0.2, -0.15) is 4.57 Å². The maximum Gasteiger partial charge on any atom is 0.532 e. The molecule has 1 aromatic heterocycles. The Morgan fingerprint density at radius 1 is 1.00 bits per heavy atom. The Bertz CT molecular complexity index is 943. The standard InChI is InChI=1S/C21H20BNO5/c1-26-21(16-23-14-8-13-19(24)15-23)20(25)27-22(28-21,17-9-4-2-5-10-17)18-11-6-3-7-12-18/h2-15,27H,16H2,1H3/q+1. The van der Waals surface area contributed by atoms with Crippen LogP contribution in [0.1, 0.15) is 0 Å². The normalized spacial score (nSPS) is 20.7. The fourth-order valence-corrected chi connectivity index (χ4v) is 3.66. The van der Waals surface area contributed by atoms with Crippen molar-refractivity contribution in [1.29, 1.82) is 0 Å². The quantitative estimate of drug-likeness (QED) is 0.375. The van der Waals surface area contributed by atoms with Crippen LogP contribution in [0, 0.1) is 0 Å². The lowest BCUT2D eigenvalue weighted by Gasteiger charge is -2.34. The van der Waals surface area contributed by atoms with Crippen molar-refractivity contribution in [2.45, 2.75) is 12.3 Å². The molecule has 6 nitrogen and oxygen atoms in total. The highest BCUT2D eigenvalue weighted by Gasteiger charge is 2.63. The van der Waals surface area contributed by atoms with Gasteiger partial charge < -0.3 is 14.0 Å². The number of aliphatic carboxylic acids is 1. The maximum atomic E-state index is 13.1. The summed E-state index contributed by atoms with van der Waals surface area (Å²) in [5.41, 5.74) is 1.56. The molecular formula is C21H20BNO5+. The van der Waals surface area contributed by atoms with Crippen molar-refractivity contribution in [3.8, 4) is 5.75 Å². The molecule has 1 fully saturated rings. The summed E-state index contributed by atoms with van der Waals surface area (Å²) in [5, 5.41) is 11.7. The number of nitrogens with zero attached hydrogens (tertiary/aromatic N) is 1. The molecular weight excluding hydrogens is 357 g/mol. The number of carbonyl (C=O) groups is 1. The van der Waals surface area contributed by atoms with E-state index in [9.17, 15) is 9.90 Å². The lowest BCUT2D eigenvalue weighted by molar-refractivity contribution is -0.714. The molecule has 141 valence electrons. The highest BCUT2D eigenvalue weighted by atomic mass is 16.8. The molecule has 1 radical (unpaired) electrons. The van der Waals surface area contributed by atoms with Gasteiger partial charge in [0.05, 0.1) is 0 Å². The summed E-state index contributed by atoms with van der Waals surface area (Å²) in [6.07, 6.45) is 3.09. The predicted octanol–water partition coefficient (Wildman–Crippen LogP) is 0.802. The van der Waals surface area contributed by atoms with Crippen molar-refractivity contribution in [1.82, 2.24) is 0 Å². The van der Waals surface area contributed by atoms with E-state index in [1.54, 1.807) is 16.8 Å². The van der Waals surface area contributed by atoms with Crippen LogP contribution in [0.15, 0.2) is 85.2 Å². The van der Waals surface area contributed by atoms with Crippen molar-refractivity contribution < 1.29 is 28.5 Å². The van der Waals surface area contributed by atoms with Gasteiger partial charge in [0.25, 0.3) is 0 Å².